The van der Waals surface area contributed by atoms with Crippen LogP contribution in [-0.2, 0) is 9.74 Å². The average molecular weight is 175 g/mol. The second-order valence-corrected chi connectivity index (χ2v) is 2.91. The van der Waals surface area contributed by atoms with Gasteiger partial charge >= 0.3 is 6.09 Å². The summed E-state index contributed by atoms with van der Waals surface area (Å²) in [6.45, 7) is 2.22. The minimum Gasteiger partial charge on any atom is -0.304 e. The molecule has 0 aromatic rings. The highest BCUT2D eigenvalue weighted by atomic mass is 19.3. The molecule has 1 aliphatic rings. The number of carbonyl (C=O) groups excluding carboxylic acids is 2. The predicted molar refractivity (Wildman–Crippen MR) is 38.0 cm³/mol. The van der Waals surface area contributed by atoms with Gasteiger partial charge in [-0.3, -0.25) is 4.79 Å². The highest BCUT2D eigenvalue weighted by Gasteiger charge is 2.27. The van der Waals surface area contributed by atoms with E-state index >= 15 is 0 Å². The molecular weight excluding hydrogens is 165 g/mol. The Hall–Kier alpha value is -1.13. The lowest BCUT2D eigenvalue weighted by Crippen LogP contribution is -2.42. The van der Waals surface area contributed by atoms with Crippen LogP contribution in [0, 0.1) is 5.92 Å². The second kappa shape index (κ2) is 3.51. The maximum Gasteiger partial charge on any atom is 0.447 e. The summed E-state index contributed by atoms with van der Waals surface area (Å²) in [6, 6.07) is 0. The average Bonchev–Trinajstić information content (AvgIpc) is 2.08. The van der Waals surface area contributed by atoms with Crippen LogP contribution in [0.2, 0.25) is 0 Å². The van der Waals surface area contributed by atoms with Crippen molar-refractivity contribution < 1.29 is 19.1 Å². The van der Waals surface area contributed by atoms with Gasteiger partial charge in [-0.2, -0.15) is 0 Å². The first-order chi connectivity index (χ1) is 5.65. The summed E-state index contributed by atoms with van der Waals surface area (Å²) in [5, 5.41) is 0. The zero-order valence-electron chi connectivity index (χ0n) is 6.75. The SMILES string of the molecule is CC1CN(C(=O)OF)CCC1=O. The van der Waals surface area contributed by atoms with Gasteiger partial charge in [0.2, 0.25) is 0 Å². The lowest BCUT2D eigenvalue weighted by atomic mass is 9.99. The maximum atomic E-state index is 11.4. The summed E-state index contributed by atoms with van der Waals surface area (Å²) in [4.78, 5) is 25.9. The van der Waals surface area contributed by atoms with Crippen LogP contribution in [0.4, 0.5) is 9.32 Å². The lowest BCUT2D eigenvalue weighted by molar-refractivity contribution is -0.126. The van der Waals surface area contributed by atoms with Crippen LogP contribution in [0.1, 0.15) is 13.3 Å². The van der Waals surface area contributed by atoms with E-state index in [1.807, 2.05) is 0 Å². The largest absolute Gasteiger partial charge is 0.447 e. The summed E-state index contributed by atoms with van der Waals surface area (Å²) in [5.74, 6) is -0.101. The van der Waals surface area contributed by atoms with Crippen LogP contribution in [0.5, 0.6) is 0 Å². The monoisotopic (exact) mass is 175 g/mol. The number of halogens is 1. The van der Waals surface area contributed by atoms with Gasteiger partial charge in [0.1, 0.15) is 5.78 Å². The van der Waals surface area contributed by atoms with Gasteiger partial charge in [0.05, 0.1) is 0 Å². The van der Waals surface area contributed by atoms with E-state index in [9.17, 15) is 14.1 Å². The number of Topliss-reactive ketones (excluding diaryl/α,β-unsaturated/α-hetero) is 1. The van der Waals surface area contributed by atoms with Crippen molar-refractivity contribution in [2.45, 2.75) is 13.3 Å². The number of likely N-dealkylation sites (tertiary alicyclic amines) is 1. The molecule has 0 N–H and O–H groups in total. The van der Waals surface area contributed by atoms with Gasteiger partial charge in [-0.15, -0.1) is 0 Å². The molecule has 1 fully saturated rings. The van der Waals surface area contributed by atoms with E-state index in [0.29, 0.717) is 0 Å². The van der Waals surface area contributed by atoms with Crippen molar-refractivity contribution in [1.82, 2.24) is 4.90 Å². The van der Waals surface area contributed by atoms with Gasteiger partial charge in [0.25, 0.3) is 0 Å². The van der Waals surface area contributed by atoms with Gasteiger partial charge in [0.15, 0.2) is 0 Å². The quantitative estimate of drug-likeness (QED) is 0.550. The molecule has 1 aliphatic heterocycles. The molecule has 0 radical (unpaired) electrons. The summed E-state index contributed by atoms with van der Waals surface area (Å²) in [5.41, 5.74) is 0. The molecule has 1 saturated heterocycles. The van der Waals surface area contributed by atoms with Gasteiger partial charge in [-0.1, -0.05) is 6.92 Å². The number of hydrogen-bond acceptors (Lipinski definition) is 3. The number of carbonyl (C=O) groups is 2. The first-order valence-corrected chi connectivity index (χ1v) is 3.75. The number of nitrogens with zero attached hydrogens (tertiary/aromatic N) is 1. The van der Waals surface area contributed by atoms with Crippen molar-refractivity contribution in [2.75, 3.05) is 13.1 Å². The molecule has 1 heterocycles. The van der Waals surface area contributed by atoms with Crippen LogP contribution in [-0.4, -0.2) is 29.9 Å². The van der Waals surface area contributed by atoms with Crippen molar-refractivity contribution in [1.29, 1.82) is 0 Å². The van der Waals surface area contributed by atoms with E-state index in [4.69, 9.17) is 0 Å². The Balaban J connectivity index is 2.50. The molecule has 0 saturated carbocycles. The second-order valence-electron chi connectivity index (χ2n) is 2.91. The highest BCUT2D eigenvalue weighted by Crippen LogP contribution is 2.12. The van der Waals surface area contributed by atoms with Gasteiger partial charge in [-0.05, 0) is 0 Å². The third-order valence-corrected chi connectivity index (χ3v) is 2.00. The fourth-order valence-electron chi connectivity index (χ4n) is 1.23. The molecule has 0 aromatic heterocycles. The van der Waals surface area contributed by atoms with E-state index in [1.54, 1.807) is 6.92 Å². The summed E-state index contributed by atoms with van der Waals surface area (Å²) >= 11 is 0. The van der Waals surface area contributed by atoms with Crippen molar-refractivity contribution >= 4 is 11.9 Å². The minimum absolute atomic E-state index is 0.109. The highest BCUT2D eigenvalue weighted by molar-refractivity contribution is 5.83. The predicted octanol–water partition coefficient (Wildman–Crippen LogP) is 0.918. The van der Waals surface area contributed by atoms with Crippen LogP contribution in [0.25, 0.3) is 0 Å². The topological polar surface area (TPSA) is 46.6 Å². The van der Waals surface area contributed by atoms with E-state index in [-0.39, 0.29) is 31.2 Å². The van der Waals surface area contributed by atoms with Gasteiger partial charge in [0, 0.05) is 30.0 Å². The number of hydrogen-bond donors (Lipinski definition) is 0. The van der Waals surface area contributed by atoms with E-state index < -0.39 is 6.09 Å². The molecule has 68 valence electrons. The lowest BCUT2D eigenvalue weighted by Gasteiger charge is -2.27. The third kappa shape index (κ3) is 1.72. The summed E-state index contributed by atoms with van der Waals surface area (Å²) in [6.07, 6.45) is -0.717. The Morgan fingerprint density at radius 3 is 2.92 bits per heavy atom. The molecule has 1 rings (SSSR count). The van der Waals surface area contributed by atoms with Gasteiger partial charge in [-0.25, -0.2) is 9.74 Å². The first-order valence-electron chi connectivity index (χ1n) is 3.75. The van der Waals surface area contributed by atoms with Crippen LogP contribution >= 0.6 is 0 Å². The zero-order chi connectivity index (χ0) is 9.14. The number of rotatable bonds is 0. The molecule has 1 amide bonds. The number of piperidine rings is 1. The van der Waals surface area contributed by atoms with Gasteiger partial charge < -0.3 is 4.90 Å². The van der Waals surface area contributed by atoms with Crippen LogP contribution in [0.15, 0.2) is 0 Å². The van der Waals surface area contributed by atoms with Crippen molar-refractivity contribution in [3.05, 3.63) is 0 Å². The Morgan fingerprint density at radius 1 is 1.75 bits per heavy atom. The zero-order valence-corrected chi connectivity index (χ0v) is 6.75. The Labute approximate surface area is 69.2 Å². The minimum atomic E-state index is -1.01. The Bertz CT molecular complexity index is 207. The smallest absolute Gasteiger partial charge is 0.304 e. The maximum absolute atomic E-state index is 11.4. The molecule has 0 aromatic carbocycles. The third-order valence-electron chi connectivity index (χ3n) is 2.00. The number of amides is 1. The van der Waals surface area contributed by atoms with Crippen LogP contribution < -0.4 is 0 Å². The standard InChI is InChI=1S/C7H10FNO3/c1-5-4-9(7(11)12-8)3-2-6(5)10/h5H,2-4H2,1H3. The fraction of sp³-hybridized carbons (Fsp3) is 0.714. The molecule has 12 heavy (non-hydrogen) atoms. The Morgan fingerprint density at radius 2 is 2.42 bits per heavy atom. The van der Waals surface area contributed by atoms with Crippen LogP contribution in [0.3, 0.4) is 0 Å². The number of ketones is 1. The van der Waals surface area contributed by atoms with Crippen molar-refractivity contribution in [2.24, 2.45) is 5.92 Å². The van der Waals surface area contributed by atoms with E-state index in [1.165, 1.54) is 4.90 Å². The molecular formula is C7H10FNO3. The molecule has 0 aliphatic carbocycles. The fourth-order valence-corrected chi connectivity index (χ4v) is 1.23. The Kier molecular flexibility index (Phi) is 2.62. The molecule has 0 spiro atoms. The molecule has 0 bridgehead atoms. The molecule has 1 atom stereocenters. The normalized spacial score (nSPS) is 24.0. The molecule has 4 nitrogen and oxygen atoms in total. The van der Waals surface area contributed by atoms with E-state index in [2.05, 4.69) is 4.94 Å². The summed E-state index contributed by atoms with van der Waals surface area (Å²) < 4.78 is 11.4. The van der Waals surface area contributed by atoms with Crippen molar-refractivity contribution in [3.63, 3.8) is 0 Å². The molecule has 1 unspecified atom stereocenters. The van der Waals surface area contributed by atoms with Crippen molar-refractivity contribution in [3.8, 4) is 0 Å². The van der Waals surface area contributed by atoms with E-state index in [0.717, 1.165) is 0 Å². The molecule has 5 heteroatoms. The first kappa shape index (κ1) is 8.96. The summed E-state index contributed by atoms with van der Waals surface area (Å²) in [7, 11) is 0.